The van der Waals surface area contributed by atoms with Crippen molar-refractivity contribution in [3.05, 3.63) is 35.1 Å². The maximum absolute atomic E-state index is 13.7. The van der Waals surface area contributed by atoms with Gasteiger partial charge in [0.2, 0.25) is 5.91 Å². The highest BCUT2D eigenvalue weighted by molar-refractivity contribution is 5.92. The van der Waals surface area contributed by atoms with Crippen LogP contribution in [0.15, 0.2) is 18.2 Å². The lowest BCUT2D eigenvalue weighted by molar-refractivity contribution is -0.139. The summed E-state index contributed by atoms with van der Waals surface area (Å²) in [6.07, 6.45) is 0.152. The highest BCUT2D eigenvalue weighted by Gasteiger charge is 2.28. The molecular weight excluding hydrogens is 251 g/mol. The Bertz CT molecular complexity index is 513. The van der Waals surface area contributed by atoms with Crippen LogP contribution in [-0.4, -0.2) is 35.0 Å². The van der Waals surface area contributed by atoms with Crippen molar-refractivity contribution in [1.29, 1.82) is 0 Å². The van der Waals surface area contributed by atoms with E-state index in [1.165, 1.54) is 6.07 Å². The van der Waals surface area contributed by atoms with Gasteiger partial charge in [-0.3, -0.25) is 14.5 Å². The lowest BCUT2D eigenvalue weighted by Gasteiger charge is -2.38. The third-order valence-corrected chi connectivity index (χ3v) is 3.23. The molecule has 19 heavy (non-hydrogen) atoms. The van der Waals surface area contributed by atoms with E-state index in [1.54, 1.807) is 6.07 Å². The van der Waals surface area contributed by atoms with Gasteiger partial charge in [-0.15, -0.1) is 0 Å². The Kier molecular flexibility index (Phi) is 3.80. The van der Waals surface area contributed by atoms with Crippen LogP contribution in [0.1, 0.15) is 22.3 Å². The minimum absolute atomic E-state index is 0.144. The number of primary amides is 1. The molecule has 1 saturated heterocycles. The Labute approximate surface area is 109 Å². The molecule has 0 spiro atoms. The topological polar surface area (TPSA) is 83.6 Å². The predicted octanol–water partition coefficient (Wildman–Crippen LogP) is 0.831. The number of amides is 1. The summed E-state index contributed by atoms with van der Waals surface area (Å²) in [6, 6.07) is 4.17. The van der Waals surface area contributed by atoms with E-state index < -0.39 is 17.7 Å². The number of rotatable bonds is 5. The molecule has 0 saturated carbocycles. The number of halogens is 1. The first-order valence-electron chi connectivity index (χ1n) is 5.98. The van der Waals surface area contributed by atoms with Crippen molar-refractivity contribution in [3.63, 3.8) is 0 Å². The average molecular weight is 266 g/mol. The molecule has 0 bridgehead atoms. The van der Waals surface area contributed by atoms with E-state index in [0.717, 1.165) is 6.07 Å². The number of carboxylic acid groups (broad SMARTS) is 1. The Morgan fingerprint density at radius 2 is 2.11 bits per heavy atom. The zero-order valence-electron chi connectivity index (χ0n) is 10.3. The number of aliphatic carboxylic acids is 1. The van der Waals surface area contributed by atoms with Crippen LogP contribution in [-0.2, 0) is 11.3 Å². The zero-order chi connectivity index (χ0) is 14.0. The van der Waals surface area contributed by atoms with E-state index >= 15 is 0 Å². The van der Waals surface area contributed by atoms with E-state index in [9.17, 15) is 14.0 Å². The average Bonchev–Trinajstić information content (AvgIpc) is 2.27. The lowest BCUT2D eigenvalue weighted by atomic mass is 9.95. The number of benzene rings is 1. The van der Waals surface area contributed by atoms with E-state index in [4.69, 9.17) is 10.8 Å². The van der Waals surface area contributed by atoms with Crippen LogP contribution < -0.4 is 5.73 Å². The highest BCUT2D eigenvalue weighted by atomic mass is 19.1. The number of nitrogens with zero attached hydrogens (tertiary/aromatic N) is 1. The minimum atomic E-state index is -0.804. The van der Waals surface area contributed by atoms with Crippen molar-refractivity contribution in [2.75, 3.05) is 13.1 Å². The van der Waals surface area contributed by atoms with Gasteiger partial charge in [0.15, 0.2) is 0 Å². The number of carboxylic acids is 1. The number of carbonyl (C=O) groups excluding carboxylic acids is 1. The van der Waals surface area contributed by atoms with Crippen LogP contribution in [0.3, 0.4) is 0 Å². The second-order valence-electron chi connectivity index (χ2n) is 4.83. The maximum atomic E-state index is 13.7. The summed E-state index contributed by atoms with van der Waals surface area (Å²) in [5.41, 5.74) is 5.70. The van der Waals surface area contributed by atoms with Crippen molar-refractivity contribution in [2.24, 2.45) is 11.7 Å². The van der Waals surface area contributed by atoms with Crippen LogP contribution in [0, 0.1) is 11.7 Å². The first-order chi connectivity index (χ1) is 8.95. The fraction of sp³-hybridized carbons (Fsp3) is 0.385. The van der Waals surface area contributed by atoms with Gasteiger partial charge < -0.3 is 10.8 Å². The van der Waals surface area contributed by atoms with Crippen molar-refractivity contribution in [1.82, 2.24) is 4.90 Å². The lowest BCUT2D eigenvalue weighted by Crippen LogP contribution is -2.46. The quantitative estimate of drug-likeness (QED) is 0.827. The van der Waals surface area contributed by atoms with Gasteiger partial charge >= 0.3 is 5.97 Å². The Morgan fingerprint density at radius 1 is 1.42 bits per heavy atom. The summed E-state index contributed by atoms with van der Waals surface area (Å²) in [6.45, 7) is 1.73. The van der Waals surface area contributed by atoms with Gasteiger partial charge in [-0.1, -0.05) is 6.07 Å². The fourth-order valence-corrected chi connectivity index (χ4v) is 2.25. The largest absolute Gasteiger partial charge is 0.481 e. The Morgan fingerprint density at radius 3 is 2.63 bits per heavy atom. The molecule has 0 atom stereocenters. The summed E-state index contributed by atoms with van der Waals surface area (Å²) in [5.74, 6) is -1.78. The second kappa shape index (κ2) is 5.36. The zero-order valence-corrected chi connectivity index (χ0v) is 10.3. The van der Waals surface area contributed by atoms with Crippen LogP contribution in [0.2, 0.25) is 0 Å². The molecule has 5 nitrogen and oxygen atoms in total. The number of carbonyl (C=O) groups is 2. The molecule has 0 radical (unpaired) electrons. The third-order valence-electron chi connectivity index (χ3n) is 3.23. The molecule has 0 aliphatic carbocycles. The van der Waals surface area contributed by atoms with Crippen molar-refractivity contribution >= 4 is 11.9 Å². The second-order valence-corrected chi connectivity index (χ2v) is 4.83. The molecule has 3 N–H and O–H groups in total. The van der Waals surface area contributed by atoms with Gasteiger partial charge in [-0.2, -0.15) is 0 Å². The number of hydrogen-bond donors (Lipinski definition) is 2. The maximum Gasteiger partial charge on any atom is 0.303 e. The molecule has 1 heterocycles. The number of hydrogen-bond acceptors (Lipinski definition) is 3. The van der Waals surface area contributed by atoms with Crippen molar-refractivity contribution in [2.45, 2.75) is 13.0 Å². The fourth-order valence-electron chi connectivity index (χ4n) is 2.25. The Hall–Kier alpha value is -1.95. The number of likely N-dealkylation sites (tertiary alicyclic amines) is 1. The molecule has 1 aromatic rings. The van der Waals surface area contributed by atoms with Crippen molar-refractivity contribution < 1.29 is 19.1 Å². The molecule has 6 heteroatoms. The van der Waals surface area contributed by atoms with E-state index in [1.807, 2.05) is 4.90 Å². The molecule has 1 aliphatic heterocycles. The van der Waals surface area contributed by atoms with Gasteiger partial charge in [-0.25, -0.2) is 4.39 Å². The van der Waals surface area contributed by atoms with Gasteiger partial charge in [0, 0.05) is 30.8 Å². The molecule has 2 rings (SSSR count). The normalized spacial score (nSPS) is 16.1. The summed E-state index contributed by atoms with van der Waals surface area (Å²) >= 11 is 0. The van der Waals surface area contributed by atoms with Gasteiger partial charge in [0.1, 0.15) is 5.82 Å². The van der Waals surface area contributed by atoms with Gasteiger partial charge in [-0.05, 0) is 18.1 Å². The first kappa shape index (κ1) is 13.5. The molecule has 1 amide bonds. The van der Waals surface area contributed by atoms with E-state index in [-0.39, 0.29) is 17.9 Å². The van der Waals surface area contributed by atoms with Crippen LogP contribution in [0.4, 0.5) is 4.39 Å². The molecule has 1 aromatic carbocycles. The third kappa shape index (κ3) is 3.29. The van der Waals surface area contributed by atoms with Gasteiger partial charge in [0.25, 0.3) is 0 Å². The van der Waals surface area contributed by atoms with Crippen LogP contribution in [0.5, 0.6) is 0 Å². The summed E-state index contributed by atoms with van der Waals surface area (Å²) in [7, 11) is 0. The van der Waals surface area contributed by atoms with Crippen molar-refractivity contribution in [3.8, 4) is 0 Å². The van der Waals surface area contributed by atoms with Crippen LogP contribution in [0.25, 0.3) is 0 Å². The summed E-state index contributed by atoms with van der Waals surface area (Å²) < 4.78 is 13.7. The first-order valence-corrected chi connectivity index (χ1v) is 5.98. The van der Waals surface area contributed by atoms with Gasteiger partial charge in [0.05, 0.1) is 6.42 Å². The monoisotopic (exact) mass is 266 g/mol. The van der Waals surface area contributed by atoms with Crippen LogP contribution >= 0.6 is 0 Å². The molecule has 0 unspecified atom stereocenters. The molecule has 0 aromatic heterocycles. The van der Waals surface area contributed by atoms with E-state index in [0.29, 0.717) is 25.2 Å². The summed E-state index contributed by atoms with van der Waals surface area (Å²) in [5, 5.41) is 8.63. The molecule has 1 aliphatic rings. The highest BCUT2D eigenvalue weighted by Crippen LogP contribution is 2.22. The molecule has 1 fully saturated rings. The molecular formula is C13H15FN2O3. The Balaban J connectivity index is 1.91. The number of nitrogens with two attached hydrogens (primary N) is 1. The SMILES string of the molecule is NC(=O)c1ccc(CN2CC(CC(=O)O)C2)c(F)c1. The summed E-state index contributed by atoms with van der Waals surface area (Å²) in [4.78, 5) is 23.4. The van der Waals surface area contributed by atoms with E-state index in [2.05, 4.69) is 0 Å². The predicted molar refractivity (Wildman–Crippen MR) is 65.9 cm³/mol. The smallest absolute Gasteiger partial charge is 0.303 e. The molecule has 102 valence electrons. The standard InChI is InChI=1S/C13H15FN2O3/c14-11-4-9(13(15)19)1-2-10(11)7-16-5-8(6-16)3-12(17)18/h1-2,4,8H,3,5-7H2,(H2,15,19)(H,17,18). The minimum Gasteiger partial charge on any atom is -0.481 e.